The summed E-state index contributed by atoms with van der Waals surface area (Å²) in [6.07, 6.45) is 6.61. The van der Waals surface area contributed by atoms with Crippen LogP contribution >= 0.6 is 0 Å². The molecule has 0 aromatic carbocycles. The summed E-state index contributed by atoms with van der Waals surface area (Å²) in [5.41, 5.74) is 14.9. The topological polar surface area (TPSA) is 94.2 Å². The van der Waals surface area contributed by atoms with E-state index in [1.54, 1.807) is 0 Å². The molecular formula is C15H21N5O. The molecule has 1 aliphatic carbocycles. The van der Waals surface area contributed by atoms with Crippen LogP contribution in [0.15, 0.2) is 4.42 Å². The number of furan rings is 1. The summed E-state index contributed by atoms with van der Waals surface area (Å²) < 4.78 is 6.14. The molecule has 4 N–H and O–H groups in total. The average Bonchev–Trinajstić information content (AvgIpc) is 2.95. The molecule has 0 unspecified atom stereocenters. The molecule has 21 heavy (non-hydrogen) atoms. The van der Waals surface area contributed by atoms with Crippen molar-refractivity contribution in [1.82, 2.24) is 9.97 Å². The van der Waals surface area contributed by atoms with Crippen molar-refractivity contribution in [2.75, 3.05) is 23.7 Å². The minimum atomic E-state index is 0.198. The summed E-state index contributed by atoms with van der Waals surface area (Å²) >= 11 is 0. The van der Waals surface area contributed by atoms with Gasteiger partial charge in [-0.3, -0.25) is 0 Å². The van der Waals surface area contributed by atoms with E-state index in [0.29, 0.717) is 5.95 Å². The van der Waals surface area contributed by atoms with Crippen molar-refractivity contribution in [1.29, 1.82) is 0 Å². The molecule has 3 heterocycles. The first-order valence-electron chi connectivity index (χ1n) is 7.80. The lowest BCUT2D eigenvalue weighted by Crippen LogP contribution is -2.27. The van der Waals surface area contributed by atoms with Gasteiger partial charge in [0.1, 0.15) is 11.3 Å². The van der Waals surface area contributed by atoms with Crippen LogP contribution in [0.5, 0.6) is 0 Å². The van der Waals surface area contributed by atoms with Gasteiger partial charge < -0.3 is 20.8 Å². The molecule has 0 saturated carbocycles. The first-order chi connectivity index (χ1) is 10.2. The molecule has 0 radical (unpaired) electrons. The molecule has 0 amide bonds. The zero-order chi connectivity index (χ0) is 14.4. The van der Waals surface area contributed by atoms with Gasteiger partial charge in [0.25, 0.3) is 0 Å². The van der Waals surface area contributed by atoms with Gasteiger partial charge in [-0.15, -0.1) is 0 Å². The molecule has 112 valence electrons. The SMILES string of the molecule is Nc1nc(N2CC[C@@H](N)C2)c2oc3c(c2n1)CCCCC3. The van der Waals surface area contributed by atoms with Crippen LogP contribution in [-0.2, 0) is 12.8 Å². The number of hydrogen-bond donors (Lipinski definition) is 2. The lowest BCUT2D eigenvalue weighted by Gasteiger charge is -2.17. The van der Waals surface area contributed by atoms with Crippen LogP contribution in [0.2, 0.25) is 0 Å². The fourth-order valence-corrected chi connectivity index (χ4v) is 3.49. The highest BCUT2D eigenvalue weighted by molar-refractivity contribution is 5.88. The largest absolute Gasteiger partial charge is 0.455 e. The maximum absolute atomic E-state index is 6.14. The molecular weight excluding hydrogens is 266 g/mol. The normalized spacial score (nSPS) is 22.5. The Morgan fingerprint density at radius 2 is 2.00 bits per heavy atom. The number of rotatable bonds is 1. The Labute approximate surface area is 123 Å². The number of aryl methyl sites for hydroxylation is 2. The van der Waals surface area contributed by atoms with Crippen LogP contribution in [0.25, 0.3) is 11.1 Å². The van der Waals surface area contributed by atoms with E-state index in [2.05, 4.69) is 14.9 Å². The van der Waals surface area contributed by atoms with E-state index < -0.39 is 0 Å². The number of fused-ring (bicyclic) bond motifs is 3. The summed E-state index contributed by atoms with van der Waals surface area (Å²) in [5, 5.41) is 0. The molecule has 2 aromatic heterocycles. The molecule has 6 nitrogen and oxygen atoms in total. The Morgan fingerprint density at radius 1 is 1.14 bits per heavy atom. The monoisotopic (exact) mass is 287 g/mol. The maximum Gasteiger partial charge on any atom is 0.222 e. The van der Waals surface area contributed by atoms with Gasteiger partial charge in [-0.25, -0.2) is 4.98 Å². The molecule has 4 rings (SSSR count). The number of anilines is 2. The zero-order valence-corrected chi connectivity index (χ0v) is 12.1. The van der Waals surface area contributed by atoms with Crippen molar-refractivity contribution in [3.05, 3.63) is 11.3 Å². The molecule has 1 atom stereocenters. The van der Waals surface area contributed by atoms with Crippen LogP contribution in [0, 0.1) is 0 Å². The van der Waals surface area contributed by atoms with E-state index in [4.69, 9.17) is 15.9 Å². The van der Waals surface area contributed by atoms with Gasteiger partial charge in [-0.2, -0.15) is 4.98 Å². The van der Waals surface area contributed by atoms with E-state index in [9.17, 15) is 0 Å². The zero-order valence-electron chi connectivity index (χ0n) is 12.1. The number of aromatic nitrogens is 2. The fourth-order valence-electron chi connectivity index (χ4n) is 3.49. The fraction of sp³-hybridized carbons (Fsp3) is 0.600. The Kier molecular flexibility index (Phi) is 2.99. The van der Waals surface area contributed by atoms with Crippen molar-refractivity contribution < 1.29 is 4.42 Å². The molecule has 2 aromatic rings. The van der Waals surface area contributed by atoms with Gasteiger partial charge in [0.15, 0.2) is 11.4 Å². The minimum absolute atomic E-state index is 0.198. The van der Waals surface area contributed by atoms with Crippen molar-refractivity contribution in [3.8, 4) is 0 Å². The summed E-state index contributed by atoms with van der Waals surface area (Å²) in [6, 6.07) is 0.198. The van der Waals surface area contributed by atoms with Gasteiger partial charge in [-0.1, -0.05) is 6.42 Å². The Morgan fingerprint density at radius 3 is 2.81 bits per heavy atom. The molecule has 2 aliphatic rings. The van der Waals surface area contributed by atoms with Crippen molar-refractivity contribution in [3.63, 3.8) is 0 Å². The third-order valence-corrected chi connectivity index (χ3v) is 4.57. The number of nitrogens with zero attached hydrogens (tertiary/aromatic N) is 3. The van der Waals surface area contributed by atoms with E-state index >= 15 is 0 Å². The Balaban J connectivity index is 1.87. The van der Waals surface area contributed by atoms with Crippen LogP contribution in [0.3, 0.4) is 0 Å². The van der Waals surface area contributed by atoms with Crippen molar-refractivity contribution in [2.45, 2.75) is 44.6 Å². The van der Waals surface area contributed by atoms with Crippen molar-refractivity contribution in [2.24, 2.45) is 5.73 Å². The highest BCUT2D eigenvalue weighted by Crippen LogP contribution is 2.35. The lowest BCUT2D eigenvalue weighted by molar-refractivity contribution is 0.536. The number of nitrogen functional groups attached to an aromatic ring is 1. The predicted octanol–water partition coefficient (Wildman–Crippen LogP) is 1.61. The maximum atomic E-state index is 6.14. The van der Waals surface area contributed by atoms with Gasteiger partial charge >= 0.3 is 0 Å². The first-order valence-corrected chi connectivity index (χ1v) is 7.80. The smallest absolute Gasteiger partial charge is 0.222 e. The molecule has 1 fully saturated rings. The standard InChI is InChI=1S/C15H21N5O/c16-9-6-7-20(8-9)14-13-12(18-15(17)19-14)10-4-2-1-3-5-11(10)21-13/h9H,1-8,16H2,(H2,17,18,19)/t9-/m1/s1. The summed E-state index contributed by atoms with van der Waals surface area (Å²) in [6.45, 7) is 1.70. The molecule has 6 heteroatoms. The second-order valence-electron chi connectivity index (χ2n) is 6.14. The second kappa shape index (κ2) is 4.87. The Hall–Kier alpha value is -1.82. The van der Waals surface area contributed by atoms with Gasteiger partial charge in [-0.05, 0) is 25.7 Å². The first kappa shape index (κ1) is 12.9. The van der Waals surface area contributed by atoms with Crippen LogP contribution < -0.4 is 16.4 Å². The van der Waals surface area contributed by atoms with E-state index in [0.717, 1.165) is 55.0 Å². The third-order valence-electron chi connectivity index (χ3n) is 4.57. The molecule has 0 spiro atoms. The lowest BCUT2D eigenvalue weighted by atomic mass is 10.1. The number of hydrogen-bond acceptors (Lipinski definition) is 6. The van der Waals surface area contributed by atoms with Gasteiger partial charge in [0.05, 0.1) is 0 Å². The van der Waals surface area contributed by atoms with Gasteiger partial charge in [0, 0.05) is 31.1 Å². The molecule has 0 bridgehead atoms. The second-order valence-corrected chi connectivity index (χ2v) is 6.14. The number of nitrogens with two attached hydrogens (primary N) is 2. The van der Waals surface area contributed by atoms with Crippen LogP contribution in [0.1, 0.15) is 37.0 Å². The highest BCUT2D eigenvalue weighted by atomic mass is 16.3. The van der Waals surface area contributed by atoms with E-state index in [1.165, 1.54) is 24.8 Å². The summed E-state index contributed by atoms with van der Waals surface area (Å²) in [5.74, 6) is 2.22. The summed E-state index contributed by atoms with van der Waals surface area (Å²) in [7, 11) is 0. The van der Waals surface area contributed by atoms with E-state index in [1.807, 2.05) is 0 Å². The van der Waals surface area contributed by atoms with Crippen molar-refractivity contribution >= 4 is 22.9 Å². The van der Waals surface area contributed by atoms with Crippen LogP contribution in [-0.4, -0.2) is 29.1 Å². The minimum Gasteiger partial charge on any atom is -0.455 e. The highest BCUT2D eigenvalue weighted by Gasteiger charge is 2.27. The third kappa shape index (κ3) is 2.14. The predicted molar refractivity (Wildman–Crippen MR) is 82.3 cm³/mol. The Bertz CT molecular complexity index is 680. The summed E-state index contributed by atoms with van der Waals surface area (Å²) in [4.78, 5) is 11.1. The quantitative estimate of drug-likeness (QED) is 0.774. The van der Waals surface area contributed by atoms with E-state index in [-0.39, 0.29) is 6.04 Å². The van der Waals surface area contributed by atoms with Crippen LogP contribution in [0.4, 0.5) is 11.8 Å². The van der Waals surface area contributed by atoms with Gasteiger partial charge in [0.2, 0.25) is 5.95 Å². The molecule has 1 aliphatic heterocycles. The average molecular weight is 287 g/mol. The molecule has 1 saturated heterocycles.